The molecule has 1 atom stereocenters. The second kappa shape index (κ2) is 7.12. The monoisotopic (exact) mass is 292 g/mol. The maximum Gasteiger partial charge on any atom is 0.323 e. The van der Waals surface area contributed by atoms with Gasteiger partial charge in [0.25, 0.3) is 0 Å². The topological polar surface area (TPSA) is 78.4 Å². The van der Waals surface area contributed by atoms with Gasteiger partial charge in [-0.05, 0) is 12.1 Å². The molecule has 0 saturated carbocycles. The molecule has 1 heterocycles. The largest absolute Gasteiger partial charge is 0.468 e. The fourth-order valence-electron chi connectivity index (χ4n) is 1.60. The number of aromatic nitrogens is 1. The van der Waals surface area contributed by atoms with Crippen molar-refractivity contribution in [2.75, 3.05) is 12.9 Å². The van der Waals surface area contributed by atoms with E-state index in [1.807, 2.05) is 30.3 Å². The lowest BCUT2D eigenvalue weighted by Gasteiger charge is -2.07. The summed E-state index contributed by atoms with van der Waals surface area (Å²) in [7, 11) is 1.33. The molecule has 2 aromatic rings. The summed E-state index contributed by atoms with van der Waals surface area (Å²) in [6.45, 7) is 0. The SMILES string of the molecule is COC(=O)C(N)CSCc1coc(-c2ccccc2)n1. The van der Waals surface area contributed by atoms with Crippen molar-refractivity contribution in [3.63, 3.8) is 0 Å². The lowest BCUT2D eigenvalue weighted by molar-refractivity contribution is -0.141. The maximum absolute atomic E-state index is 11.1. The van der Waals surface area contributed by atoms with Crippen LogP contribution in [0.1, 0.15) is 5.69 Å². The minimum Gasteiger partial charge on any atom is -0.468 e. The molecule has 1 aromatic carbocycles. The van der Waals surface area contributed by atoms with E-state index >= 15 is 0 Å². The Kier molecular flexibility index (Phi) is 5.20. The van der Waals surface area contributed by atoms with Crippen LogP contribution in [0, 0.1) is 0 Å². The lowest BCUT2D eigenvalue weighted by Crippen LogP contribution is -2.33. The van der Waals surface area contributed by atoms with E-state index in [1.54, 1.807) is 6.26 Å². The van der Waals surface area contributed by atoms with Crippen LogP contribution in [-0.2, 0) is 15.3 Å². The van der Waals surface area contributed by atoms with Crippen molar-refractivity contribution in [2.45, 2.75) is 11.8 Å². The van der Waals surface area contributed by atoms with Crippen LogP contribution in [0.5, 0.6) is 0 Å². The van der Waals surface area contributed by atoms with Gasteiger partial charge in [-0.3, -0.25) is 4.79 Å². The van der Waals surface area contributed by atoms with Crippen LogP contribution in [0.25, 0.3) is 11.5 Å². The second-order valence-electron chi connectivity index (χ2n) is 4.15. The van der Waals surface area contributed by atoms with Gasteiger partial charge in [-0.1, -0.05) is 18.2 Å². The highest BCUT2D eigenvalue weighted by atomic mass is 32.2. The highest BCUT2D eigenvalue weighted by Crippen LogP contribution is 2.20. The third kappa shape index (κ3) is 3.85. The van der Waals surface area contributed by atoms with Gasteiger partial charge in [0, 0.05) is 17.1 Å². The van der Waals surface area contributed by atoms with Gasteiger partial charge in [-0.15, -0.1) is 0 Å². The molecule has 1 unspecified atom stereocenters. The Morgan fingerprint density at radius 1 is 1.45 bits per heavy atom. The number of nitrogens with zero attached hydrogens (tertiary/aromatic N) is 1. The summed E-state index contributed by atoms with van der Waals surface area (Å²) < 4.78 is 9.99. The molecule has 2 N–H and O–H groups in total. The molecule has 0 spiro atoms. The zero-order valence-corrected chi connectivity index (χ0v) is 11.9. The van der Waals surface area contributed by atoms with Gasteiger partial charge in [-0.2, -0.15) is 11.8 Å². The number of thioether (sulfide) groups is 1. The van der Waals surface area contributed by atoms with E-state index in [1.165, 1.54) is 18.9 Å². The molecule has 0 amide bonds. The predicted octanol–water partition coefficient (Wildman–Crippen LogP) is 2.08. The van der Waals surface area contributed by atoms with Crippen molar-refractivity contribution < 1.29 is 13.9 Å². The zero-order chi connectivity index (χ0) is 14.4. The van der Waals surface area contributed by atoms with Crippen LogP contribution in [0.3, 0.4) is 0 Å². The fourth-order valence-corrected chi connectivity index (χ4v) is 2.45. The summed E-state index contributed by atoms with van der Waals surface area (Å²) >= 11 is 1.52. The van der Waals surface area contributed by atoms with Gasteiger partial charge < -0.3 is 14.9 Å². The second-order valence-corrected chi connectivity index (χ2v) is 5.19. The number of hydrogen-bond donors (Lipinski definition) is 1. The molecule has 0 bridgehead atoms. The van der Waals surface area contributed by atoms with Crippen molar-refractivity contribution in [1.29, 1.82) is 0 Å². The summed E-state index contributed by atoms with van der Waals surface area (Å²) in [6.07, 6.45) is 1.62. The number of hydrogen-bond acceptors (Lipinski definition) is 6. The smallest absolute Gasteiger partial charge is 0.323 e. The van der Waals surface area contributed by atoms with Gasteiger partial charge in [0.2, 0.25) is 5.89 Å². The van der Waals surface area contributed by atoms with E-state index in [9.17, 15) is 4.79 Å². The van der Waals surface area contributed by atoms with Crippen molar-refractivity contribution >= 4 is 17.7 Å². The van der Waals surface area contributed by atoms with Gasteiger partial charge in [0.15, 0.2) is 0 Å². The van der Waals surface area contributed by atoms with Gasteiger partial charge in [0.1, 0.15) is 12.3 Å². The Labute approximate surface area is 121 Å². The van der Waals surface area contributed by atoms with Gasteiger partial charge in [-0.25, -0.2) is 4.98 Å². The average molecular weight is 292 g/mol. The Hall–Kier alpha value is -1.79. The Balaban J connectivity index is 1.86. The molecule has 1 aromatic heterocycles. The molecule has 0 fully saturated rings. The first-order chi connectivity index (χ1) is 9.70. The molecule has 20 heavy (non-hydrogen) atoms. The number of rotatable bonds is 6. The normalized spacial score (nSPS) is 12.1. The van der Waals surface area contributed by atoms with E-state index in [4.69, 9.17) is 10.2 Å². The summed E-state index contributed by atoms with van der Waals surface area (Å²) in [5.74, 6) is 1.32. The standard InChI is InChI=1S/C14H16N2O3S/c1-18-14(17)12(15)9-20-8-11-7-19-13(16-11)10-5-3-2-4-6-10/h2-7,12H,8-9,15H2,1H3. The summed E-state index contributed by atoms with van der Waals surface area (Å²) in [5.41, 5.74) is 7.41. The first-order valence-corrected chi connectivity index (χ1v) is 7.27. The van der Waals surface area contributed by atoms with Crippen LogP contribution < -0.4 is 5.73 Å². The summed E-state index contributed by atoms with van der Waals surface area (Å²) in [6, 6.07) is 9.08. The van der Waals surface area contributed by atoms with E-state index in [2.05, 4.69) is 9.72 Å². The van der Waals surface area contributed by atoms with E-state index in [0.29, 0.717) is 17.4 Å². The van der Waals surface area contributed by atoms with E-state index in [0.717, 1.165) is 11.3 Å². The van der Waals surface area contributed by atoms with Crippen LogP contribution >= 0.6 is 11.8 Å². The quantitative estimate of drug-likeness (QED) is 0.821. The van der Waals surface area contributed by atoms with E-state index < -0.39 is 12.0 Å². The molecule has 0 aliphatic heterocycles. The number of oxazole rings is 1. The molecular weight excluding hydrogens is 276 g/mol. The fraction of sp³-hybridized carbons (Fsp3) is 0.286. The number of methoxy groups -OCH3 is 1. The van der Waals surface area contributed by atoms with E-state index in [-0.39, 0.29) is 0 Å². The lowest BCUT2D eigenvalue weighted by atomic mass is 10.2. The Bertz CT molecular complexity index is 557. The molecule has 0 aliphatic rings. The first kappa shape index (κ1) is 14.6. The van der Waals surface area contributed by atoms with Gasteiger partial charge >= 0.3 is 5.97 Å². The zero-order valence-electron chi connectivity index (χ0n) is 11.1. The number of nitrogens with two attached hydrogens (primary N) is 1. The molecule has 2 rings (SSSR count). The number of carbonyl (C=O) groups is 1. The van der Waals surface area contributed by atoms with Crippen LogP contribution in [0.15, 0.2) is 41.0 Å². The van der Waals surface area contributed by atoms with Crippen LogP contribution in [0.4, 0.5) is 0 Å². The van der Waals surface area contributed by atoms with Crippen LogP contribution in [0.2, 0.25) is 0 Å². The molecule has 6 heteroatoms. The number of carbonyl (C=O) groups excluding carboxylic acids is 1. The molecule has 0 radical (unpaired) electrons. The van der Waals surface area contributed by atoms with Crippen molar-refractivity contribution in [3.8, 4) is 11.5 Å². The van der Waals surface area contributed by atoms with Crippen molar-refractivity contribution in [2.24, 2.45) is 5.73 Å². The Morgan fingerprint density at radius 3 is 2.90 bits per heavy atom. The molecule has 106 valence electrons. The highest BCUT2D eigenvalue weighted by Gasteiger charge is 2.14. The summed E-state index contributed by atoms with van der Waals surface area (Å²) in [4.78, 5) is 15.5. The Morgan fingerprint density at radius 2 is 2.20 bits per heavy atom. The van der Waals surface area contributed by atoms with Crippen molar-refractivity contribution in [1.82, 2.24) is 4.98 Å². The van der Waals surface area contributed by atoms with Gasteiger partial charge in [0.05, 0.1) is 12.8 Å². The molecule has 0 aliphatic carbocycles. The number of ether oxygens (including phenoxy) is 1. The third-order valence-corrected chi connectivity index (χ3v) is 3.72. The molecular formula is C14H16N2O3S. The maximum atomic E-state index is 11.1. The summed E-state index contributed by atoms with van der Waals surface area (Å²) in [5, 5.41) is 0. The minimum absolute atomic E-state index is 0.400. The first-order valence-electron chi connectivity index (χ1n) is 6.11. The predicted molar refractivity (Wildman–Crippen MR) is 78.1 cm³/mol. The molecule has 0 saturated heterocycles. The average Bonchev–Trinajstić information content (AvgIpc) is 2.96. The minimum atomic E-state index is -0.606. The van der Waals surface area contributed by atoms with Crippen LogP contribution in [-0.4, -0.2) is 29.9 Å². The van der Waals surface area contributed by atoms with Crippen molar-refractivity contribution in [3.05, 3.63) is 42.3 Å². The molecule has 5 nitrogen and oxygen atoms in total. The third-order valence-electron chi connectivity index (χ3n) is 2.62. The number of benzene rings is 1. The highest BCUT2D eigenvalue weighted by molar-refractivity contribution is 7.98. The number of esters is 1.